The Labute approximate surface area is 143 Å². The van der Waals surface area contributed by atoms with Gasteiger partial charge in [0.1, 0.15) is 5.84 Å². The Hall–Kier alpha value is -2.74. The van der Waals surface area contributed by atoms with Crippen LogP contribution >= 0.6 is 11.3 Å². The summed E-state index contributed by atoms with van der Waals surface area (Å²) in [6, 6.07) is 7.83. The van der Waals surface area contributed by atoms with Crippen molar-refractivity contribution in [3.05, 3.63) is 51.7 Å². The van der Waals surface area contributed by atoms with E-state index in [1.165, 1.54) is 5.56 Å². The smallest absolute Gasteiger partial charge is 0.258 e. The number of nitrogens with two attached hydrogens (primary N) is 1. The van der Waals surface area contributed by atoms with Gasteiger partial charge >= 0.3 is 0 Å². The first-order chi connectivity index (χ1) is 11.6. The standard InChI is InChI=1S/C16H17N5O2S/c1-10-3-5-12(6-4-10)16-19-15(21-23-16)8-22-20-14(17)7-13-9-24-11(2)18-13/h3-6,9H,7-8H2,1-2H3,(H2,17,20). The summed E-state index contributed by atoms with van der Waals surface area (Å²) in [7, 11) is 0. The van der Waals surface area contributed by atoms with Crippen LogP contribution in [0.5, 0.6) is 0 Å². The van der Waals surface area contributed by atoms with Crippen molar-refractivity contribution in [3.8, 4) is 11.5 Å². The van der Waals surface area contributed by atoms with E-state index >= 15 is 0 Å². The molecule has 3 aromatic rings. The molecule has 24 heavy (non-hydrogen) atoms. The van der Waals surface area contributed by atoms with Gasteiger partial charge in [0.2, 0.25) is 5.82 Å². The molecule has 0 atom stereocenters. The molecule has 0 bridgehead atoms. The highest BCUT2D eigenvalue weighted by Gasteiger charge is 2.09. The lowest BCUT2D eigenvalue weighted by Crippen LogP contribution is -2.15. The number of aryl methyl sites for hydroxylation is 2. The van der Waals surface area contributed by atoms with Crippen molar-refractivity contribution in [2.75, 3.05) is 0 Å². The molecule has 0 spiro atoms. The van der Waals surface area contributed by atoms with Gasteiger partial charge in [0.15, 0.2) is 6.61 Å². The van der Waals surface area contributed by atoms with Gasteiger partial charge < -0.3 is 15.1 Å². The van der Waals surface area contributed by atoms with Crippen molar-refractivity contribution in [2.24, 2.45) is 10.9 Å². The van der Waals surface area contributed by atoms with E-state index in [2.05, 4.69) is 20.3 Å². The predicted molar refractivity (Wildman–Crippen MR) is 91.4 cm³/mol. The van der Waals surface area contributed by atoms with E-state index in [0.29, 0.717) is 24.0 Å². The van der Waals surface area contributed by atoms with Gasteiger partial charge in [-0.05, 0) is 26.0 Å². The highest BCUT2D eigenvalue weighted by Crippen LogP contribution is 2.17. The van der Waals surface area contributed by atoms with Crippen molar-refractivity contribution in [2.45, 2.75) is 26.9 Å². The number of aromatic nitrogens is 3. The summed E-state index contributed by atoms with van der Waals surface area (Å²) in [5.41, 5.74) is 8.72. The molecule has 0 saturated carbocycles. The monoisotopic (exact) mass is 343 g/mol. The Morgan fingerprint density at radius 3 is 2.75 bits per heavy atom. The molecule has 0 amide bonds. The molecule has 0 saturated heterocycles. The molecule has 2 heterocycles. The van der Waals surface area contributed by atoms with Crippen LogP contribution in [0.15, 0.2) is 39.3 Å². The molecule has 2 aromatic heterocycles. The van der Waals surface area contributed by atoms with Crippen molar-refractivity contribution >= 4 is 17.2 Å². The van der Waals surface area contributed by atoms with Crippen LogP contribution in [0.25, 0.3) is 11.5 Å². The molecular weight excluding hydrogens is 326 g/mol. The third-order valence-corrected chi connectivity index (χ3v) is 3.99. The minimum atomic E-state index is 0.0894. The Morgan fingerprint density at radius 1 is 1.25 bits per heavy atom. The largest absolute Gasteiger partial charge is 0.386 e. The number of hydrogen-bond donors (Lipinski definition) is 1. The van der Waals surface area contributed by atoms with E-state index in [0.717, 1.165) is 16.3 Å². The van der Waals surface area contributed by atoms with Gasteiger partial charge in [-0.3, -0.25) is 0 Å². The van der Waals surface area contributed by atoms with Crippen LogP contribution in [0, 0.1) is 13.8 Å². The second-order valence-electron chi connectivity index (χ2n) is 5.27. The number of benzene rings is 1. The fourth-order valence-electron chi connectivity index (χ4n) is 2.01. The normalized spacial score (nSPS) is 11.7. The SMILES string of the molecule is Cc1ccc(-c2nc(CO/N=C(/N)Cc3csc(C)n3)no2)cc1. The number of oxime groups is 1. The number of rotatable bonds is 6. The molecule has 0 aliphatic carbocycles. The van der Waals surface area contributed by atoms with Gasteiger partial charge in [0.25, 0.3) is 5.89 Å². The van der Waals surface area contributed by atoms with Gasteiger partial charge in [-0.15, -0.1) is 11.3 Å². The Bertz CT molecular complexity index is 838. The van der Waals surface area contributed by atoms with E-state index in [-0.39, 0.29) is 6.61 Å². The van der Waals surface area contributed by atoms with Gasteiger partial charge in [-0.1, -0.05) is 28.0 Å². The number of amidine groups is 1. The van der Waals surface area contributed by atoms with Crippen LogP contribution in [0.1, 0.15) is 22.1 Å². The summed E-state index contributed by atoms with van der Waals surface area (Å²) < 4.78 is 5.22. The summed E-state index contributed by atoms with van der Waals surface area (Å²) in [6.45, 7) is 4.05. The minimum Gasteiger partial charge on any atom is -0.386 e. The van der Waals surface area contributed by atoms with Crippen molar-refractivity contribution < 1.29 is 9.36 Å². The maximum atomic E-state index is 5.81. The lowest BCUT2D eigenvalue weighted by molar-refractivity contribution is 0.122. The van der Waals surface area contributed by atoms with Crippen LogP contribution in [-0.4, -0.2) is 21.0 Å². The molecule has 0 radical (unpaired) electrons. The molecule has 0 fully saturated rings. The number of thiazole rings is 1. The summed E-state index contributed by atoms with van der Waals surface area (Å²) in [5, 5.41) is 10.7. The third kappa shape index (κ3) is 4.17. The zero-order valence-corrected chi connectivity index (χ0v) is 14.2. The van der Waals surface area contributed by atoms with Gasteiger partial charge in [-0.2, -0.15) is 4.98 Å². The van der Waals surface area contributed by atoms with Gasteiger partial charge in [-0.25, -0.2) is 4.98 Å². The molecular formula is C16H17N5O2S. The molecule has 0 aliphatic heterocycles. The Balaban J connectivity index is 1.55. The lowest BCUT2D eigenvalue weighted by atomic mass is 10.1. The Kier molecular flexibility index (Phi) is 4.85. The summed E-state index contributed by atoms with van der Waals surface area (Å²) in [4.78, 5) is 13.8. The van der Waals surface area contributed by atoms with E-state index in [1.807, 2.05) is 43.5 Å². The highest BCUT2D eigenvalue weighted by molar-refractivity contribution is 7.09. The molecule has 124 valence electrons. The van der Waals surface area contributed by atoms with Crippen molar-refractivity contribution in [1.29, 1.82) is 0 Å². The minimum absolute atomic E-state index is 0.0894. The van der Waals surface area contributed by atoms with Crippen molar-refractivity contribution in [3.63, 3.8) is 0 Å². The summed E-state index contributed by atoms with van der Waals surface area (Å²) in [5.74, 6) is 1.21. The first kappa shape index (κ1) is 16.1. The van der Waals surface area contributed by atoms with E-state index < -0.39 is 0 Å². The maximum Gasteiger partial charge on any atom is 0.258 e. The summed E-state index contributed by atoms with van der Waals surface area (Å²) >= 11 is 1.57. The fraction of sp³-hybridized carbons (Fsp3) is 0.250. The van der Waals surface area contributed by atoms with Gasteiger partial charge in [0, 0.05) is 10.9 Å². The van der Waals surface area contributed by atoms with Crippen LogP contribution in [0.4, 0.5) is 0 Å². The zero-order valence-electron chi connectivity index (χ0n) is 13.4. The van der Waals surface area contributed by atoms with E-state index in [4.69, 9.17) is 15.1 Å². The maximum absolute atomic E-state index is 5.81. The molecule has 0 aliphatic rings. The van der Waals surface area contributed by atoms with E-state index in [1.54, 1.807) is 11.3 Å². The van der Waals surface area contributed by atoms with Gasteiger partial charge in [0.05, 0.1) is 17.1 Å². The highest BCUT2D eigenvalue weighted by atomic mass is 32.1. The lowest BCUT2D eigenvalue weighted by Gasteiger charge is -1.98. The molecule has 2 N–H and O–H groups in total. The second-order valence-corrected chi connectivity index (χ2v) is 6.33. The third-order valence-electron chi connectivity index (χ3n) is 3.17. The first-order valence-electron chi connectivity index (χ1n) is 7.35. The van der Waals surface area contributed by atoms with Crippen LogP contribution < -0.4 is 5.73 Å². The molecule has 3 rings (SSSR count). The molecule has 0 unspecified atom stereocenters. The fourth-order valence-corrected chi connectivity index (χ4v) is 2.62. The summed E-state index contributed by atoms with van der Waals surface area (Å²) in [6.07, 6.45) is 0.450. The number of hydrogen-bond acceptors (Lipinski definition) is 7. The van der Waals surface area contributed by atoms with Crippen LogP contribution in [0.2, 0.25) is 0 Å². The second kappa shape index (κ2) is 7.22. The zero-order chi connectivity index (χ0) is 16.9. The average molecular weight is 343 g/mol. The molecule has 1 aromatic carbocycles. The Morgan fingerprint density at radius 2 is 2.04 bits per heavy atom. The van der Waals surface area contributed by atoms with Crippen LogP contribution in [-0.2, 0) is 17.9 Å². The van der Waals surface area contributed by atoms with Crippen LogP contribution in [0.3, 0.4) is 0 Å². The number of nitrogens with zero attached hydrogens (tertiary/aromatic N) is 4. The molecule has 7 nitrogen and oxygen atoms in total. The first-order valence-corrected chi connectivity index (χ1v) is 8.23. The van der Waals surface area contributed by atoms with Crippen molar-refractivity contribution in [1.82, 2.24) is 15.1 Å². The molecule has 8 heteroatoms. The average Bonchev–Trinajstić information content (AvgIpc) is 3.17. The van der Waals surface area contributed by atoms with E-state index in [9.17, 15) is 0 Å². The topological polar surface area (TPSA) is 99.4 Å². The quantitative estimate of drug-likeness (QED) is 0.420. The predicted octanol–water partition coefficient (Wildman–Crippen LogP) is 2.84.